The Morgan fingerprint density at radius 3 is 2.77 bits per heavy atom. The number of hydrogen-bond donors (Lipinski definition) is 0. The predicted molar refractivity (Wildman–Crippen MR) is 125 cm³/mol. The van der Waals surface area contributed by atoms with E-state index in [4.69, 9.17) is 9.47 Å². The van der Waals surface area contributed by atoms with Crippen LogP contribution in [0.4, 0.5) is 0 Å². The third kappa shape index (κ3) is 5.73. The lowest BCUT2D eigenvalue weighted by Crippen LogP contribution is -2.30. The summed E-state index contributed by atoms with van der Waals surface area (Å²) in [6, 6.07) is 11.4. The lowest BCUT2D eigenvalue weighted by Gasteiger charge is -2.20. The molecule has 0 unspecified atom stereocenters. The number of aromatic nitrogens is 1. The third-order valence-electron chi connectivity index (χ3n) is 5.02. The molecule has 0 N–H and O–H groups in total. The Hall–Kier alpha value is -3.12. The van der Waals surface area contributed by atoms with E-state index in [0.29, 0.717) is 31.0 Å². The number of amides is 1. The van der Waals surface area contributed by atoms with Crippen LogP contribution < -0.4 is 9.47 Å². The van der Waals surface area contributed by atoms with Crippen LogP contribution in [0.2, 0.25) is 0 Å². The molecule has 0 saturated carbocycles. The van der Waals surface area contributed by atoms with Crippen molar-refractivity contribution < 1.29 is 14.3 Å². The smallest absolute Gasteiger partial charge is 0.254 e. The maximum absolute atomic E-state index is 13.0. The molecular formula is C25H28N2O3S. The second kappa shape index (κ2) is 10.3. The van der Waals surface area contributed by atoms with E-state index in [-0.39, 0.29) is 5.91 Å². The first kappa shape index (κ1) is 22.6. The number of aryl methyl sites for hydroxylation is 2. The normalized spacial score (nSPS) is 10.6. The molecule has 0 spiro atoms. The Morgan fingerprint density at radius 1 is 1.23 bits per heavy atom. The van der Waals surface area contributed by atoms with Gasteiger partial charge in [0.15, 0.2) is 0 Å². The third-order valence-corrected chi connectivity index (χ3v) is 5.89. The van der Waals surface area contributed by atoms with Crippen LogP contribution in [0.25, 0.3) is 0 Å². The molecule has 0 aliphatic heterocycles. The molecule has 0 aliphatic carbocycles. The van der Waals surface area contributed by atoms with E-state index in [0.717, 1.165) is 22.0 Å². The fraction of sp³-hybridized carbons (Fsp3) is 0.280. The van der Waals surface area contributed by atoms with Gasteiger partial charge in [-0.15, -0.1) is 17.9 Å². The lowest BCUT2D eigenvalue weighted by molar-refractivity contribution is 0.0760. The van der Waals surface area contributed by atoms with Crippen molar-refractivity contribution in [3.8, 4) is 11.5 Å². The maximum atomic E-state index is 13.0. The predicted octanol–water partition coefficient (Wildman–Crippen LogP) is 5.48. The standard InChI is InChI=1S/C25H28N2O3S/c1-6-10-27(25(28)20-8-7-9-22(13-20)29-5)14-21-16-31-24(26-21)15-30-23-12-17(2)11-18(3)19(23)4/h6-9,11-13,16H,1,10,14-15H2,2-5H3. The van der Waals surface area contributed by atoms with Gasteiger partial charge in [0.25, 0.3) is 5.91 Å². The molecule has 1 heterocycles. The summed E-state index contributed by atoms with van der Waals surface area (Å²) in [5, 5.41) is 2.85. The number of benzene rings is 2. The van der Waals surface area contributed by atoms with Gasteiger partial charge in [0.05, 0.1) is 19.3 Å². The van der Waals surface area contributed by atoms with Gasteiger partial charge in [-0.2, -0.15) is 0 Å². The number of ether oxygens (including phenoxy) is 2. The average Bonchev–Trinajstić information content (AvgIpc) is 3.21. The number of hydrogen-bond acceptors (Lipinski definition) is 5. The Labute approximate surface area is 188 Å². The van der Waals surface area contributed by atoms with Crippen molar-refractivity contribution in [2.75, 3.05) is 13.7 Å². The number of carbonyl (C=O) groups excluding carboxylic acids is 1. The van der Waals surface area contributed by atoms with Crippen LogP contribution in [0.1, 0.15) is 37.7 Å². The van der Waals surface area contributed by atoms with Crippen molar-refractivity contribution in [2.24, 2.45) is 0 Å². The Morgan fingerprint density at radius 2 is 2.03 bits per heavy atom. The molecule has 0 radical (unpaired) electrons. The summed E-state index contributed by atoms with van der Waals surface area (Å²) in [5.74, 6) is 1.45. The molecular weight excluding hydrogens is 408 g/mol. The minimum absolute atomic E-state index is 0.0875. The summed E-state index contributed by atoms with van der Waals surface area (Å²) in [5.41, 5.74) is 4.94. The molecule has 31 heavy (non-hydrogen) atoms. The molecule has 3 aromatic rings. The topological polar surface area (TPSA) is 51.7 Å². The summed E-state index contributed by atoms with van der Waals surface area (Å²) in [6.07, 6.45) is 1.72. The molecule has 6 heteroatoms. The second-order valence-corrected chi connectivity index (χ2v) is 8.38. The summed E-state index contributed by atoms with van der Waals surface area (Å²) < 4.78 is 11.3. The molecule has 0 bridgehead atoms. The van der Waals surface area contributed by atoms with Gasteiger partial charge in [0.2, 0.25) is 0 Å². The van der Waals surface area contributed by atoms with Gasteiger partial charge >= 0.3 is 0 Å². The zero-order valence-corrected chi connectivity index (χ0v) is 19.3. The van der Waals surface area contributed by atoms with Gasteiger partial charge in [-0.3, -0.25) is 4.79 Å². The Kier molecular flexibility index (Phi) is 7.47. The minimum Gasteiger partial charge on any atom is -0.497 e. The highest BCUT2D eigenvalue weighted by molar-refractivity contribution is 7.09. The number of rotatable bonds is 9. The van der Waals surface area contributed by atoms with Crippen molar-refractivity contribution in [2.45, 2.75) is 33.9 Å². The van der Waals surface area contributed by atoms with Gasteiger partial charge in [-0.25, -0.2) is 4.98 Å². The van der Waals surface area contributed by atoms with E-state index in [1.165, 1.54) is 22.5 Å². The monoisotopic (exact) mass is 436 g/mol. The van der Waals surface area contributed by atoms with Crippen molar-refractivity contribution >= 4 is 17.2 Å². The number of thiazole rings is 1. The van der Waals surface area contributed by atoms with Crippen molar-refractivity contribution in [1.29, 1.82) is 0 Å². The van der Waals surface area contributed by atoms with Crippen LogP contribution >= 0.6 is 11.3 Å². The first-order valence-electron chi connectivity index (χ1n) is 10.1. The number of carbonyl (C=O) groups is 1. The summed E-state index contributed by atoms with van der Waals surface area (Å²) in [4.78, 5) is 19.4. The highest BCUT2D eigenvalue weighted by Gasteiger charge is 2.17. The molecule has 0 fully saturated rings. The van der Waals surface area contributed by atoms with E-state index in [1.54, 1.807) is 30.2 Å². The van der Waals surface area contributed by atoms with E-state index < -0.39 is 0 Å². The molecule has 0 atom stereocenters. The highest BCUT2D eigenvalue weighted by Crippen LogP contribution is 2.25. The SMILES string of the molecule is C=CCN(Cc1csc(COc2cc(C)cc(C)c2C)n1)C(=O)c1cccc(OC)c1. The van der Waals surface area contributed by atoms with Crippen molar-refractivity contribution in [1.82, 2.24) is 9.88 Å². The summed E-state index contributed by atoms with van der Waals surface area (Å²) >= 11 is 1.54. The van der Waals surface area contributed by atoms with Gasteiger partial charge in [-0.1, -0.05) is 18.2 Å². The van der Waals surface area contributed by atoms with Crippen LogP contribution in [0, 0.1) is 20.8 Å². The van der Waals surface area contributed by atoms with Crippen LogP contribution in [0.3, 0.4) is 0 Å². The lowest BCUT2D eigenvalue weighted by atomic mass is 10.1. The van der Waals surface area contributed by atoms with E-state index in [2.05, 4.69) is 44.5 Å². The molecule has 3 rings (SSSR count). The van der Waals surface area contributed by atoms with Crippen LogP contribution in [0.15, 0.2) is 54.4 Å². The molecule has 5 nitrogen and oxygen atoms in total. The molecule has 1 aromatic heterocycles. The van der Waals surface area contributed by atoms with Crippen molar-refractivity contribution in [3.05, 3.63) is 87.4 Å². The minimum atomic E-state index is -0.0875. The van der Waals surface area contributed by atoms with E-state index in [1.807, 2.05) is 17.5 Å². The van der Waals surface area contributed by atoms with E-state index >= 15 is 0 Å². The second-order valence-electron chi connectivity index (χ2n) is 7.43. The first-order chi connectivity index (χ1) is 14.9. The fourth-order valence-electron chi connectivity index (χ4n) is 3.29. The number of methoxy groups -OCH3 is 1. The van der Waals surface area contributed by atoms with E-state index in [9.17, 15) is 4.79 Å². The van der Waals surface area contributed by atoms with Gasteiger partial charge in [-0.05, 0) is 61.7 Å². The number of nitrogens with zero attached hydrogens (tertiary/aromatic N) is 2. The molecule has 1 amide bonds. The highest BCUT2D eigenvalue weighted by atomic mass is 32.1. The molecule has 2 aromatic carbocycles. The largest absolute Gasteiger partial charge is 0.497 e. The van der Waals surface area contributed by atoms with Gasteiger partial charge in [0, 0.05) is 17.5 Å². The Bertz CT molecular complexity index is 1070. The quantitative estimate of drug-likeness (QED) is 0.417. The average molecular weight is 437 g/mol. The maximum Gasteiger partial charge on any atom is 0.254 e. The van der Waals surface area contributed by atoms with Crippen molar-refractivity contribution in [3.63, 3.8) is 0 Å². The molecule has 0 saturated heterocycles. The Balaban J connectivity index is 1.69. The zero-order chi connectivity index (χ0) is 22.4. The van der Waals surface area contributed by atoms with Gasteiger partial charge < -0.3 is 14.4 Å². The summed E-state index contributed by atoms with van der Waals surface area (Å²) in [7, 11) is 1.59. The zero-order valence-electron chi connectivity index (χ0n) is 18.5. The summed E-state index contributed by atoms with van der Waals surface area (Å²) in [6.45, 7) is 11.2. The molecule has 0 aliphatic rings. The van der Waals surface area contributed by atoms with Crippen LogP contribution in [-0.4, -0.2) is 29.4 Å². The fourth-order valence-corrected chi connectivity index (χ4v) is 3.98. The van der Waals surface area contributed by atoms with Crippen LogP contribution in [0.5, 0.6) is 11.5 Å². The first-order valence-corrected chi connectivity index (χ1v) is 11.0. The molecule has 162 valence electrons. The van der Waals surface area contributed by atoms with Gasteiger partial charge in [0.1, 0.15) is 23.1 Å². The van der Waals surface area contributed by atoms with Crippen LogP contribution in [-0.2, 0) is 13.2 Å².